The van der Waals surface area contributed by atoms with Gasteiger partial charge in [-0.2, -0.15) is 0 Å². The molecule has 9 heteroatoms. The van der Waals surface area contributed by atoms with Crippen LogP contribution in [0.5, 0.6) is 0 Å². The quantitative estimate of drug-likeness (QED) is 0.653. The number of carbonyl (C=O) groups is 1. The largest absolute Gasteiger partial charge is 0.356 e. The molecule has 32 heavy (non-hydrogen) atoms. The summed E-state index contributed by atoms with van der Waals surface area (Å²) in [7, 11) is 1.51. The van der Waals surface area contributed by atoms with Crippen LogP contribution in [-0.4, -0.2) is 32.9 Å². The predicted octanol–water partition coefficient (Wildman–Crippen LogP) is 3.44. The lowest BCUT2D eigenvalue weighted by atomic mass is 10.1. The molecule has 1 unspecified atom stereocenters. The van der Waals surface area contributed by atoms with Gasteiger partial charge in [0, 0.05) is 30.9 Å². The van der Waals surface area contributed by atoms with Crippen LogP contribution in [0.1, 0.15) is 23.2 Å². The van der Waals surface area contributed by atoms with Crippen LogP contribution < -0.4 is 15.8 Å². The Hall–Kier alpha value is -3.72. The average molecular weight is 438 g/mol. The molecule has 1 atom stereocenters. The fourth-order valence-corrected chi connectivity index (χ4v) is 4.03. The third kappa shape index (κ3) is 3.21. The van der Waals surface area contributed by atoms with Crippen LogP contribution in [0.4, 0.5) is 31.7 Å². The van der Waals surface area contributed by atoms with E-state index in [1.807, 2.05) is 6.07 Å². The van der Waals surface area contributed by atoms with E-state index in [0.717, 1.165) is 18.9 Å². The van der Waals surface area contributed by atoms with Crippen molar-refractivity contribution < 1.29 is 18.7 Å². The lowest BCUT2D eigenvalue weighted by Gasteiger charge is -2.43. The molecule has 2 aromatic carbocycles. The molecule has 3 aromatic rings. The van der Waals surface area contributed by atoms with E-state index in [4.69, 9.17) is 0 Å². The number of para-hydroxylation sites is 1. The van der Waals surface area contributed by atoms with Crippen LogP contribution in [0.3, 0.4) is 0 Å². The number of amides is 1. The van der Waals surface area contributed by atoms with E-state index in [1.54, 1.807) is 24.3 Å². The van der Waals surface area contributed by atoms with Crippen molar-refractivity contribution in [3.05, 3.63) is 82.1 Å². The third-order valence-corrected chi connectivity index (χ3v) is 5.74. The first-order valence-electron chi connectivity index (χ1n) is 10.2. The number of rotatable bonds is 4. The first-order chi connectivity index (χ1) is 15.4. The number of nitrogens with zero attached hydrogens (tertiary/aromatic N) is 3. The van der Waals surface area contributed by atoms with E-state index >= 15 is 0 Å². The van der Waals surface area contributed by atoms with Crippen LogP contribution in [0.15, 0.2) is 59.4 Å². The number of benzene rings is 2. The van der Waals surface area contributed by atoms with Crippen molar-refractivity contribution in [1.29, 1.82) is 0 Å². The van der Waals surface area contributed by atoms with Crippen molar-refractivity contribution in [1.82, 2.24) is 9.47 Å². The molecular weight excluding hydrogens is 418 g/mol. The number of aliphatic hydroxyl groups excluding tert-OH is 1. The Morgan fingerprint density at radius 2 is 1.72 bits per heavy atom. The molecule has 0 bridgehead atoms. The summed E-state index contributed by atoms with van der Waals surface area (Å²) in [6.45, 7) is 0. The summed E-state index contributed by atoms with van der Waals surface area (Å²) in [5, 5.41) is 14.0. The Kier molecular flexibility index (Phi) is 4.70. The van der Waals surface area contributed by atoms with E-state index in [2.05, 4.69) is 5.32 Å². The standard InChI is InChI=1S/C23H20F2N4O3/c1-27-19(30)12-18(26-17-10-7-13(24)11-16(17)25)20-21(27)28(14-5-3-2-4-6-14)23(32)29(22(20)31)15-8-9-15/h2-7,10-12,15,23,26,32H,8-9H2,1H3. The van der Waals surface area contributed by atoms with Gasteiger partial charge >= 0.3 is 0 Å². The Bertz CT molecular complexity index is 1270. The van der Waals surface area contributed by atoms with Crippen LogP contribution in [0, 0.1) is 11.6 Å². The minimum atomic E-state index is -1.31. The maximum absolute atomic E-state index is 14.3. The average Bonchev–Trinajstić information content (AvgIpc) is 3.59. The maximum Gasteiger partial charge on any atom is 0.263 e. The molecule has 1 aliphatic carbocycles. The molecule has 2 aliphatic rings. The molecule has 7 nitrogen and oxygen atoms in total. The lowest BCUT2D eigenvalue weighted by Crippen LogP contribution is -2.56. The first kappa shape index (κ1) is 20.2. The van der Waals surface area contributed by atoms with Gasteiger partial charge in [-0.1, -0.05) is 18.2 Å². The number of nitrogens with one attached hydrogen (secondary N) is 1. The number of carbonyl (C=O) groups excluding carboxylic acids is 1. The Morgan fingerprint density at radius 3 is 2.38 bits per heavy atom. The van der Waals surface area contributed by atoms with Crippen molar-refractivity contribution in [2.75, 3.05) is 10.2 Å². The molecule has 1 fully saturated rings. The topological polar surface area (TPSA) is 77.8 Å². The molecule has 2 N–H and O–H groups in total. The summed E-state index contributed by atoms with van der Waals surface area (Å²) in [5.41, 5.74) is 0.244. The smallest absolute Gasteiger partial charge is 0.263 e. The summed E-state index contributed by atoms with van der Waals surface area (Å²) >= 11 is 0. The van der Waals surface area contributed by atoms with Crippen LogP contribution in [0.2, 0.25) is 0 Å². The summed E-state index contributed by atoms with van der Waals surface area (Å²) in [6, 6.07) is 13.0. The second-order valence-electron chi connectivity index (χ2n) is 7.90. The maximum atomic E-state index is 14.3. The van der Waals surface area contributed by atoms with Crippen LogP contribution >= 0.6 is 0 Å². The van der Waals surface area contributed by atoms with E-state index in [9.17, 15) is 23.5 Å². The number of aromatic nitrogens is 1. The first-order valence-corrected chi connectivity index (χ1v) is 10.2. The van der Waals surface area contributed by atoms with Gasteiger partial charge in [0.1, 0.15) is 23.0 Å². The number of hydrogen-bond donors (Lipinski definition) is 2. The monoisotopic (exact) mass is 438 g/mol. The van der Waals surface area contributed by atoms with Gasteiger partial charge in [-0.15, -0.1) is 0 Å². The van der Waals surface area contributed by atoms with Crippen molar-refractivity contribution in [2.45, 2.75) is 25.2 Å². The van der Waals surface area contributed by atoms with Gasteiger partial charge in [-0.3, -0.25) is 24.0 Å². The van der Waals surface area contributed by atoms with Crippen LogP contribution in [-0.2, 0) is 7.05 Å². The van der Waals surface area contributed by atoms with Gasteiger partial charge in [0.05, 0.1) is 11.4 Å². The zero-order chi connectivity index (χ0) is 22.6. The predicted molar refractivity (Wildman–Crippen MR) is 115 cm³/mol. The minimum absolute atomic E-state index is 0.0787. The Morgan fingerprint density at radius 1 is 1.00 bits per heavy atom. The molecule has 2 heterocycles. The normalized spacial score (nSPS) is 18.0. The number of halogens is 2. The van der Waals surface area contributed by atoms with E-state index in [1.165, 1.54) is 33.5 Å². The van der Waals surface area contributed by atoms with Crippen molar-refractivity contribution in [3.63, 3.8) is 0 Å². The number of fused-ring (bicyclic) bond motifs is 1. The van der Waals surface area contributed by atoms with Crippen molar-refractivity contribution >= 4 is 28.8 Å². The highest BCUT2D eigenvalue weighted by molar-refractivity contribution is 6.07. The van der Waals surface area contributed by atoms with Gasteiger partial charge in [0.2, 0.25) is 6.35 Å². The van der Waals surface area contributed by atoms with Crippen molar-refractivity contribution in [3.8, 4) is 0 Å². The minimum Gasteiger partial charge on any atom is -0.356 e. The lowest BCUT2D eigenvalue weighted by molar-refractivity contribution is 0.00266. The third-order valence-electron chi connectivity index (χ3n) is 5.74. The van der Waals surface area contributed by atoms with Crippen molar-refractivity contribution in [2.24, 2.45) is 7.05 Å². The fourth-order valence-electron chi connectivity index (χ4n) is 4.03. The summed E-state index contributed by atoms with van der Waals surface area (Å²) < 4.78 is 29.0. The molecule has 1 aliphatic heterocycles. The molecule has 1 saturated carbocycles. The highest BCUT2D eigenvalue weighted by Crippen LogP contribution is 2.43. The molecule has 1 amide bonds. The number of pyridine rings is 1. The van der Waals surface area contributed by atoms with Gasteiger partial charge in [-0.25, -0.2) is 8.78 Å². The number of hydrogen-bond acceptors (Lipinski definition) is 5. The molecule has 0 saturated heterocycles. The molecule has 1 aromatic heterocycles. The summed E-state index contributed by atoms with van der Waals surface area (Å²) in [4.78, 5) is 29.2. The van der Waals surface area contributed by atoms with E-state index in [-0.39, 0.29) is 28.8 Å². The fraction of sp³-hybridized carbons (Fsp3) is 0.217. The van der Waals surface area contributed by atoms with Gasteiger partial charge in [-0.05, 0) is 37.1 Å². The highest BCUT2D eigenvalue weighted by atomic mass is 19.1. The summed E-state index contributed by atoms with van der Waals surface area (Å²) in [5.74, 6) is -1.89. The highest BCUT2D eigenvalue weighted by Gasteiger charge is 2.47. The number of aliphatic hydroxyl groups is 1. The van der Waals surface area contributed by atoms with E-state index < -0.39 is 29.5 Å². The van der Waals surface area contributed by atoms with Gasteiger partial charge in [0.15, 0.2) is 0 Å². The number of anilines is 4. The zero-order valence-corrected chi connectivity index (χ0v) is 17.1. The van der Waals surface area contributed by atoms with E-state index in [0.29, 0.717) is 11.8 Å². The Balaban J connectivity index is 1.74. The Labute approximate surface area is 182 Å². The second kappa shape index (κ2) is 7.45. The second-order valence-corrected chi connectivity index (χ2v) is 7.90. The SMILES string of the molecule is Cn1c2c(c(Nc3ccc(F)cc3F)cc1=O)C(=O)N(C1CC1)C(O)N2c1ccccc1. The summed E-state index contributed by atoms with van der Waals surface area (Å²) in [6.07, 6.45) is 0.192. The zero-order valence-electron chi connectivity index (χ0n) is 17.1. The van der Waals surface area contributed by atoms with Crippen LogP contribution in [0.25, 0.3) is 0 Å². The molecule has 164 valence electrons. The van der Waals surface area contributed by atoms with Gasteiger partial charge < -0.3 is 10.4 Å². The molecule has 0 spiro atoms. The van der Waals surface area contributed by atoms with Gasteiger partial charge in [0.25, 0.3) is 11.5 Å². The molecule has 0 radical (unpaired) electrons. The molecule has 5 rings (SSSR count). The molecular formula is C23H20F2N4O3.